The van der Waals surface area contributed by atoms with E-state index in [0.29, 0.717) is 19.0 Å². The molecular weight excluding hydrogens is 320 g/mol. The maximum atomic E-state index is 12.9. The minimum Gasteiger partial charge on any atom is -0.480 e. The van der Waals surface area contributed by atoms with Gasteiger partial charge in [0.2, 0.25) is 5.91 Å². The van der Waals surface area contributed by atoms with Gasteiger partial charge in [-0.3, -0.25) is 14.5 Å². The second kappa shape index (κ2) is 8.47. The van der Waals surface area contributed by atoms with Gasteiger partial charge in [-0.1, -0.05) is 20.8 Å². The number of nitrogens with zero attached hydrogens (tertiary/aromatic N) is 2. The third-order valence-corrected chi connectivity index (χ3v) is 5.68. The smallest absolute Gasteiger partial charge is 0.322 e. The average Bonchev–Trinajstić information content (AvgIpc) is 3.00. The molecule has 0 aromatic carbocycles. The zero-order valence-electron chi connectivity index (χ0n) is 16.0. The molecule has 7 heteroatoms. The van der Waals surface area contributed by atoms with Crippen molar-refractivity contribution >= 4 is 11.9 Å². The number of amides is 1. The fourth-order valence-corrected chi connectivity index (χ4v) is 3.94. The van der Waals surface area contributed by atoms with Crippen LogP contribution < -0.4 is 10.6 Å². The molecule has 0 unspecified atom stereocenters. The second-order valence-electron chi connectivity index (χ2n) is 8.28. The Morgan fingerprint density at radius 1 is 1.32 bits per heavy atom. The number of carboxylic acids is 1. The molecule has 2 aliphatic rings. The van der Waals surface area contributed by atoms with E-state index in [9.17, 15) is 14.7 Å². The average molecular weight is 354 g/mol. The standard InChI is InChI=1S/C18H34N4O3/c1-13-5-8-22(11-13)16(23)15(19-4)18(2,3)6-9-21-10-7-20-14(12-21)17(24)25/h13-15,19-20H,5-12H2,1-4H3,(H,24,25)/t13-,14+,15-/m1/s1. The molecule has 0 spiro atoms. The summed E-state index contributed by atoms with van der Waals surface area (Å²) >= 11 is 0. The van der Waals surface area contributed by atoms with Gasteiger partial charge in [-0.05, 0) is 37.8 Å². The summed E-state index contributed by atoms with van der Waals surface area (Å²) in [5, 5.41) is 15.4. The van der Waals surface area contributed by atoms with Crippen LogP contribution in [0.15, 0.2) is 0 Å². The molecule has 25 heavy (non-hydrogen) atoms. The van der Waals surface area contributed by atoms with E-state index in [1.54, 1.807) is 0 Å². The number of carboxylic acid groups (broad SMARTS) is 1. The van der Waals surface area contributed by atoms with Gasteiger partial charge in [0.05, 0.1) is 6.04 Å². The Hall–Kier alpha value is -1.18. The highest BCUT2D eigenvalue weighted by molar-refractivity contribution is 5.83. The molecule has 2 fully saturated rings. The second-order valence-corrected chi connectivity index (χ2v) is 8.28. The van der Waals surface area contributed by atoms with Gasteiger partial charge < -0.3 is 20.6 Å². The highest BCUT2D eigenvalue weighted by Gasteiger charge is 2.38. The molecule has 2 rings (SSSR count). The quantitative estimate of drug-likeness (QED) is 0.606. The summed E-state index contributed by atoms with van der Waals surface area (Å²) in [5.74, 6) is -0.0191. The van der Waals surface area contributed by atoms with Gasteiger partial charge in [0.1, 0.15) is 6.04 Å². The summed E-state index contributed by atoms with van der Waals surface area (Å²) in [7, 11) is 1.86. The van der Waals surface area contributed by atoms with Crippen LogP contribution in [0.2, 0.25) is 0 Å². The maximum Gasteiger partial charge on any atom is 0.322 e. The number of carbonyl (C=O) groups is 2. The predicted octanol–water partition coefficient (Wildman–Crippen LogP) is 0.218. The zero-order chi connectivity index (χ0) is 18.6. The number of rotatable bonds is 7. The first-order chi connectivity index (χ1) is 11.7. The molecule has 0 aliphatic carbocycles. The highest BCUT2D eigenvalue weighted by atomic mass is 16.4. The van der Waals surface area contributed by atoms with Crippen LogP contribution in [0.4, 0.5) is 0 Å². The molecule has 144 valence electrons. The van der Waals surface area contributed by atoms with E-state index in [0.717, 1.165) is 39.0 Å². The summed E-state index contributed by atoms with van der Waals surface area (Å²) in [6, 6.07) is -0.708. The van der Waals surface area contributed by atoms with Crippen LogP contribution >= 0.6 is 0 Å². The number of hydrogen-bond donors (Lipinski definition) is 3. The van der Waals surface area contributed by atoms with Crippen molar-refractivity contribution in [2.75, 3.05) is 46.3 Å². The van der Waals surface area contributed by atoms with Crippen molar-refractivity contribution in [2.45, 2.75) is 45.7 Å². The summed E-state index contributed by atoms with van der Waals surface area (Å²) < 4.78 is 0. The number of hydrogen-bond acceptors (Lipinski definition) is 5. The molecule has 0 aromatic rings. The Balaban J connectivity index is 1.91. The molecule has 0 aromatic heterocycles. The molecule has 0 bridgehead atoms. The third kappa shape index (κ3) is 5.15. The van der Waals surface area contributed by atoms with Crippen molar-refractivity contribution in [2.24, 2.45) is 11.3 Å². The molecule has 2 heterocycles. The van der Waals surface area contributed by atoms with E-state index < -0.39 is 12.0 Å². The molecule has 1 amide bonds. The van der Waals surface area contributed by atoms with Gasteiger partial charge in [-0.15, -0.1) is 0 Å². The van der Waals surface area contributed by atoms with Gasteiger partial charge >= 0.3 is 5.97 Å². The Kier molecular flexibility index (Phi) is 6.82. The lowest BCUT2D eigenvalue weighted by atomic mass is 9.80. The minimum atomic E-state index is -0.796. The molecule has 0 radical (unpaired) electrons. The van der Waals surface area contributed by atoms with Crippen molar-refractivity contribution in [1.82, 2.24) is 20.4 Å². The first kappa shape index (κ1) is 20.1. The van der Waals surface area contributed by atoms with E-state index in [1.807, 2.05) is 11.9 Å². The Bertz CT molecular complexity index is 483. The molecule has 7 nitrogen and oxygen atoms in total. The van der Waals surface area contributed by atoms with Crippen LogP contribution in [0.5, 0.6) is 0 Å². The Morgan fingerprint density at radius 3 is 2.60 bits per heavy atom. The van der Waals surface area contributed by atoms with Crippen LogP contribution in [0.25, 0.3) is 0 Å². The monoisotopic (exact) mass is 354 g/mol. The van der Waals surface area contributed by atoms with Gasteiger partial charge in [0.25, 0.3) is 0 Å². The van der Waals surface area contributed by atoms with Gasteiger partial charge in [-0.25, -0.2) is 0 Å². The van der Waals surface area contributed by atoms with Crippen LogP contribution in [0.1, 0.15) is 33.6 Å². The van der Waals surface area contributed by atoms with Crippen molar-refractivity contribution in [1.29, 1.82) is 0 Å². The third-order valence-electron chi connectivity index (χ3n) is 5.68. The minimum absolute atomic E-state index is 0.193. The normalized spacial score (nSPS) is 26.6. The van der Waals surface area contributed by atoms with Gasteiger partial charge in [-0.2, -0.15) is 0 Å². The topological polar surface area (TPSA) is 84.9 Å². The first-order valence-electron chi connectivity index (χ1n) is 9.39. The van der Waals surface area contributed by atoms with E-state index in [2.05, 4.69) is 36.3 Å². The van der Waals surface area contributed by atoms with E-state index in [-0.39, 0.29) is 17.4 Å². The number of piperazine rings is 1. The predicted molar refractivity (Wildman–Crippen MR) is 97.5 cm³/mol. The van der Waals surface area contributed by atoms with E-state index in [1.165, 1.54) is 0 Å². The molecule has 0 saturated carbocycles. The number of aliphatic carboxylic acids is 1. The van der Waals surface area contributed by atoms with Gasteiger partial charge in [0.15, 0.2) is 0 Å². The summed E-state index contributed by atoms with van der Waals surface area (Å²) in [5.41, 5.74) is -0.193. The van der Waals surface area contributed by atoms with E-state index >= 15 is 0 Å². The lowest BCUT2D eigenvalue weighted by Crippen LogP contribution is -2.56. The molecule has 2 aliphatic heterocycles. The first-order valence-corrected chi connectivity index (χ1v) is 9.39. The van der Waals surface area contributed by atoms with Crippen LogP contribution in [-0.4, -0.2) is 85.2 Å². The molecule has 3 N–H and O–H groups in total. The molecular formula is C18H34N4O3. The fourth-order valence-electron chi connectivity index (χ4n) is 3.94. The highest BCUT2D eigenvalue weighted by Crippen LogP contribution is 2.29. The Morgan fingerprint density at radius 2 is 2.04 bits per heavy atom. The number of nitrogens with one attached hydrogen (secondary N) is 2. The van der Waals surface area contributed by atoms with Crippen molar-refractivity contribution in [3.8, 4) is 0 Å². The van der Waals surface area contributed by atoms with Gasteiger partial charge in [0, 0.05) is 32.7 Å². The van der Waals surface area contributed by atoms with Crippen LogP contribution in [-0.2, 0) is 9.59 Å². The molecule has 2 saturated heterocycles. The zero-order valence-corrected chi connectivity index (χ0v) is 16.0. The SMILES string of the molecule is CN[C@H](C(=O)N1CC[C@@H](C)C1)C(C)(C)CCN1CCN[C@H](C(=O)O)C1. The van der Waals surface area contributed by atoms with Crippen LogP contribution in [0.3, 0.4) is 0 Å². The maximum absolute atomic E-state index is 12.9. The van der Waals surface area contributed by atoms with E-state index in [4.69, 9.17) is 0 Å². The number of likely N-dealkylation sites (tertiary alicyclic amines) is 1. The largest absolute Gasteiger partial charge is 0.480 e. The lowest BCUT2D eigenvalue weighted by molar-refractivity contribution is -0.140. The lowest BCUT2D eigenvalue weighted by Gasteiger charge is -2.38. The molecule has 3 atom stereocenters. The summed E-state index contributed by atoms with van der Waals surface area (Å²) in [6.07, 6.45) is 1.93. The van der Waals surface area contributed by atoms with Crippen molar-refractivity contribution < 1.29 is 14.7 Å². The van der Waals surface area contributed by atoms with Crippen molar-refractivity contribution in [3.63, 3.8) is 0 Å². The van der Waals surface area contributed by atoms with Crippen molar-refractivity contribution in [3.05, 3.63) is 0 Å². The summed E-state index contributed by atoms with van der Waals surface area (Å²) in [6.45, 7) is 11.0. The fraction of sp³-hybridized carbons (Fsp3) is 0.889. The number of likely N-dealkylation sites (N-methyl/N-ethyl adjacent to an activating group) is 1. The van der Waals surface area contributed by atoms with Crippen LogP contribution in [0, 0.1) is 11.3 Å². The number of carbonyl (C=O) groups excluding carboxylic acids is 1. The Labute approximate surface area is 151 Å². The summed E-state index contributed by atoms with van der Waals surface area (Å²) in [4.78, 5) is 28.3.